The molecule has 1 aromatic heterocycles. The van der Waals surface area contributed by atoms with E-state index in [1.54, 1.807) is 16.2 Å². The van der Waals surface area contributed by atoms with Crippen LogP contribution in [0.2, 0.25) is 0 Å². The monoisotopic (exact) mass is 523 g/mol. The molecule has 1 saturated heterocycles. The van der Waals surface area contributed by atoms with E-state index in [0.29, 0.717) is 5.92 Å². The van der Waals surface area contributed by atoms with E-state index in [1.807, 2.05) is 56.6 Å². The lowest BCUT2D eigenvalue weighted by molar-refractivity contribution is -0.133. The van der Waals surface area contributed by atoms with Gasteiger partial charge in [0.1, 0.15) is 10.4 Å². The number of hydrogen-bond acceptors (Lipinski definition) is 4. The second kappa shape index (κ2) is 12.1. The van der Waals surface area contributed by atoms with E-state index in [4.69, 9.17) is 4.98 Å². The van der Waals surface area contributed by atoms with E-state index in [0.717, 1.165) is 48.6 Å². The minimum Gasteiger partial charge on any atom is -0.348 e. The highest BCUT2D eigenvalue weighted by Gasteiger charge is 2.43. The topological polar surface area (TPSA) is 36.4 Å². The maximum Gasteiger partial charge on any atom is 0.237 e. The SMILES string of the molecule is CN(C)C(=O)C(CCN1CCC(Cc2csc(-c3ccccc3)n2)CC1)(c1ccccc1)c1ccccc1. The van der Waals surface area contributed by atoms with Gasteiger partial charge in [-0.05, 0) is 62.4 Å². The number of amides is 1. The van der Waals surface area contributed by atoms with Crippen LogP contribution in [0, 0.1) is 5.92 Å². The molecule has 0 atom stereocenters. The molecule has 0 bridgehead atoms. The first kappa shape index (κ1) is 26.3. The normalized spacial score (nSPS) is 14.9. The number of rotatable bonds is 9. The average molecular weight is 524 g/mol. The van der Waals surface area contributed by atoms with E-state index in [-0.39, 0.29) is 5.91 Å². The van der Waals surface area contributed by atoms with Crippen molar-refractivity contribution in [1.29, 1.82) is 0 Å². The zero-order valence-corrected chi connectivity index (χ0v) is 23.2. The van der Waals surface area contributed by atoms with Gasteiger partial charge in [-0.25, -0.2) is 4.98 Å². The number of likely N-dealkylation sites (tertiary alicyclic amines) is 1. The van der Waals surface area contributed by atoms with E-state index < -0.39 is 5.41 Å². The van der Waals surface area contributed by atoms with Crippen molar-refractivity contribution in [3.63, 3.8) is 0 Å². The average Bonchev–Trinajstić information content (AvgIpc) is 3.44. The number of carbonyl (C=O) groups excluding carboxylic acids is 1. The molecule has 5 rings (SSSR count). The van der Waals surface area contributed by atoms with Gasteiger partial charge in [-0.2, -0.15) is 0 Å². The van der Waals surface area contributed by atoms with Crippen LogP contribution in [0.25, 0.3) is 10.6 Å². The van der Waals surface area contributed by atoms with Gasteiger partial charge in [0, 0.05) is 25.0 Å². The van der Waals surface area contributed by atoms with Gasteiger partial charge in [0.2, 0.25) is 5.91 Å². The zero-order valence-electron chi connectivity index (χ0n) is 22.4. The molecule has 38 heavy (non-hydrogen) atoms. The van der Waals surface area contributed by atoms with Gasteiger partial charge < -0.3 is 9.80 Å². The van der Waals surface area contributed by atoms with Gasteiger partial charge in [-0.15, -0.1) is 11.3 Å². The maximum atomic E-state index is 13.9. The first-order valence-corrected chi connectivity index (χ1v) is 14.5. The van der Waals surface area contributed by atoms with Gasteiger partial charge in [0.25, 0.3) is 0 Å². The summed E-state index contributed by atoms with van der Waals surface area (Å²) >= 11 is 1.75. The number of thiazole rings is 1. The summed E-state index contributed by atoms with van der Waals surface area (Å²) in [6.07, 6.45) is 4.15. The van der Waals surface area contributed by atoms with Crippen molar-refractivity contribution in [1.82, 2.24) is 14.8 Å². The van der Waals surface area contributed by atoms with Crippen LogP contribution in [0.1, 0.15) is 36.1 Å². The molecule has 4 aromatic rings. The summed E-state index contributed by atoms with van der Waals surface area (Å²) in [4.78, 5) is 23.1. The van der Waals surface area contributed by atoms with Crippen LogP contribution in [-0.4, -0.2) is 54.4 Å². The fraction of sp³-hybridized carbons (Fsp3) is 0.333. The Hall–Kier alpha value is -3.28. The summed E-state index contributed by atoms with van der Waals surface area (Å²) in [5.41, 5.74) is 3.86. The summed E-state index contributed by atoms with van der Waals surface area (Å²) in [6.45, 7) is 3.03. The minimum absolute atomic E-state index is 0.141. The van der Waals surface area contributed by atoms with Crippen LogP contribution in [-0.2, 0) is 16.6 Å². The molecule has 196 valence electrons. The van der Waals surface area contributed by atoms with Crippen LogP contribution in [0.4, 0.5) is 0 Å². The Kier molecular flexibility index (Phi) is 8.35. The lowest BCUT2D eigenvalue weighted by Gasteiger charge is -2.39. The highest BCUT2D eigenvalue weighted by atomic mass is 32.1. The highest BCUT2D eigenvalue weighted by Crippen LogP contribution is 2.38. The lowest BCUT2D eigenvalue weighted by Crippen LogP contribution is -2.47. The van der Waals surface area contributed by atoms with E-state index in [9.17, 15) is 4.79 Å². The fourth-order valence-corrected chi connectivity index (χ4v) is 6.62. The molecule has 0 radical (unpaired) electrons. The summed E-state index contributed by atoms with van der Waals surface area (Å²) < 4.78 is 0. The predicted molar refractivity (Wildman–Crippen MR) is 157 cm³/mol. The molecule has 1 fully saturated rings. The van der Waals surface area contributed by atoms with Crippen LogP contribution in [0.5, 0.6) is 0 Å². The summed E-state index contributed by atoms with van der Waals surface area (Å²) in [6, 6.07) is 31.1. The van der Waals surface area contributed by atoms with Gasteiger partial charge in [0.05, 0.1) is 5.69 Å². The molecule has 1 aliphatic rings. The van der Waals surface area contributed by atoms with Gasteiger partial charge in [0.15, 0.2) is 0 Å². The number of benzene rings is 3. The molecule has 0 aliphatic carbocycles. The summed E-state index contributed by atoms with van der Waals surface area (Å²) in [5.74, 6) is 0.802. The molecule has 1 amide bonds. The third-order valence-electron chi connectivity index (χ3n) is 7.88. The molecule has 3 aromatic carbocycles. The first-order chi connectivity index (χ1) is 18.6. The quantitative estimate of drug-likeness (QED) is 0.250. The maximum absolute atomic E-state index is 13.9. The number of piperidine rings is 1. The number of likely N-dealkylation sites (N-methyl/N-ethyl adjacent to an activating group) is 1. The molecular formula is C33H37N3OS. The Balaban J connectivity index is 1.26. The number of carbonyl (C=O) groups is 1. The van der Waals surface area contributed by atoms with Crippen molar-refractivity contribution in [3.05, 3.63) is 113 Å². The van der Waals surface area contributed by atoms with Crippen LogP contribution in [0.3, 0.4) is 0 Å². The highest BCUT2D eigenvalue weighted by molar-refractivity contribution is 7.13. The molecule has 0 N–H and O–H groups in total. The number of hydrogen-bond donors (Lipinski definition) is 0. The molecule has 0 unspecified atom stereocenters. The second-order valence-electron chi connectivity index (χ2n) is 10.6. The number of aromatic nitrogens is 1. The minimum atomic E-state index is -0.697. The molecular weight excluding hydrogens is 486 g/mol. The molecule has 0 saturated carbocycles. The molecule has 4 nitrogen and oxygen atoms in total. The Morgan fingerprint density at radius 3 is 2.00 bits per heavy atom. The molecule has 2 heterocycles. The Morgan fingerprint density at radius 2 is 1.45 bits per heavy atom. The van der Waals surface area contributed by atoms with Crippen LogP contribution < -0.4 is 0 Å². The van der Waals surface area contributed by atoms with Crippen molar-refractivity contribution in [3.8, 4) is 10.6 Å². The van der Waals surface area contributed by atoms with Gasteiger partial charge in [-0.1, -0.05) is 91.0 Å². The Morgan fingerprint density at radius 1 is 0.895 bits per heavy atom. The van der Waals surface area contributed by atoms with Gasteiger partial charge >= 0.3 is 0 Å². The van der Waals surface area contributed by atoms with Crippen molar-refractivity contribution in [2.45, 2.75) is 31.1 Å². The standard InChI is InChI=1S/C33H37N3OS/c1-35(2)32(37)33(28-14-8-4-9-15-28,29-16-10-5-11-17-29)20-23-36-21-18-26(19-22-36)24-30-25-38-31(34-30)27-12-6-3-7-13-27/h3-17,25-26H,18-24H2,1-2H3. The number of nitrogens with zero attached hydrogens (tertiary/aromatic N) is 3. The zero-order chi connectivity index (χ0) is 26.4. The van der Waals surface area contributed by atoms with E-state index >= 15 is 0 Å². The fourth-order valence-electron chi connectivity index (χ4n) is 5.79. The van der Waals surface area contributed by atoms with Crippen LogP contribution >= 0.6 is 11.3 Å². The van der Waals surface area contributed by atoms with Crippen molar-refractivity contribution < 1.29 is 4.79 Å². The van der Waals surface area contributed by atoms with Gasteiger partial charge in [-0.3, -0.25) is 4.79 Å². The molecule has 5 heteroatoms. The smallest absolute Gasteiger partial charge is 0.237 e. The third kappa shape index (κ3) is 5.74. The first-order valence-electron chi connectivity index (χ1n) is 13.6. The van der Waals surface area contributed by atoms with E-state index in [1.165, 1.54) is 24.1 Å². The van der Waals surface area contributed by atoms with Crippen LogP contribution in [0.15, 0.2) is 96.4 Å². The van der Waals surface area contributed by atoms with Crippen molar-refractivity contribution in [2.75, 3.05) is 33.7 Å². The second-order valence-corrected chi connectivity index (χ2v) is 11.4. The Labute approximate surface area is 231 Å². The molecule has 0 spiro atoms. The van der Waals surface area contributed by atoms with E-state index in [2.05, 4.69) is 58.8 Å². The summed E-state index contributed by atoms with van der Waals surface area (Å²) in [7, 11) is 3.74. The lowest BCUT2D eigenvalue weighted by atomic mass is 9.70. The summed E-state index contributed by atoms with van der Waals surface area (Å²) in [5, 5.41) is 3.34. The third-order valence-corrected chi connectivity index (χ3v) is 8.83. The molecule has 1 aliphatic heterocycles. The Bertz CT molecular complexity index is 1260. The van der Waals surface area contributed by atoms with Crippen molar-refractivity contribution in [2.24, 2.45) is 5.92 Å². The van der Waals surface area contributed by atoms with Crippen molar-refractivity contribution >= 4 is 17.2 Å². The predicted octanol–water partition coefficient (Wildman–Crippen LogP) is 6.53. The largest absolute Gasteiger partial charge is 0.348 e.